The van der Waals surface area contributed by atoms with E-state index in [0.29, 0.717) is 17.9 Å². The number of carbonyl (C=O) groups excluding carboxylic acids is 1. The number of fused-ring (bicyclic) bond motifs is 1. The number of para-hydroxylation sites is 1. The van der Waals surface area contributed by atoms with Crippen molar-refractivity contribution in [2.45, 2.75) is 57.1 Å². The Morgan fingerprint density at radius 1 is 0.898 bits per heavy atom. The van der Waals surface area contributed by atoms with E-state index in [1.807, 2.05) is 0 Å². The lowest BCUT2D eigenvalue weighted by Crippen LogP contribution is -2.49. The number of alkyl halides is 9. The Balaban J connectivity index is 1.63. The van der Waals surface area contributed by atoms with Crippen molar-refractivity contribution < 1.29 is 53.8 Å². The highest BCUT2D eigenvalue weighted by molar-refractivity contribution is 5.96. The molecule has 0 saturated carbocycles. The fourth-order valence-electron chi connectivity index (χ4n) is 5.63. The molecule has 0 N–H and O–H groups in total. The molecular formula is C31H27F9N6O3. The minimum atomic E-state index is -5.14. The molecule has 0 fully saturated rings. The summed E-state index contributed by atoms with van der Waals surface area (Å²) in [4.78, 5) is 17.2. The van der Waals surface area contributed by atoms with Gasteiger partial charge in [0.05, 0.1) is 24.2 Å². The van der Waals surface area contributed by atoms with Crippen LogP contribution in [-0.2, 0) is 30.7 Å². The standard InChI is InChI=1S/C31H27F9N6O3/c1-3-21-14-26(45(28-41-43-44(2)42-28)16-18-11-19(29(32,33)34)13-20(12-18)30(35,36)37)24-15-23(49-31(38,39)40)9-10-25(24)46(21)27(47)17-48-22-7-5-4-6-8-22/h4-13,15,21,26H,3,14,16-17H2,1-2H3. The van der Waals surface area contributed by atoms with Crippen LogP contribution >= 0.6 is 0 Å². The van der Waals surface area contributed by atoms with Gasteiger partial charge in [0.25, 0.3) is 11.9 Å². The lowest BCUT2D eigenvalue weighted by Gasteiger charge is -2.44. The summed E-state index contributed by atoms with van der Waals surface area (Å²) in [6.07, 6.45) is -15.1. The predicted molar refractivity (Wildman–Crippen MR) is 155 cm³/mol. The molecule has 0 spiro atoms. The molecule has 0 bridgehead atoms. The molecule has 18 heteroatoms. The Morgan fingerprint density at radius 3 is 2.10 bits per heavy atom. The van der Waals surface area contributed by atoms with E-state index in [4.69, 9.17) is 4.74 Å². The number of aryl methyl sites for hydroxylation is 1. The van der Waals surface area contributed by atoms with Crippen molar-refractivity contribution in [3.63, 3.8) is 0 Å². The number of hydrogen-bond acceptors (Lipinski definition) is 7. The quantitative estimate of drug-likeness (QED) is 0.167. The first-order valence-corrected chi connectivity index (χ1v) is 14.6. The van der Waals surface area contributed by atoms with E-state index in [1.165, 1.54) is 22.9 Å². The number of tetrazole rings is 1. The minimum Gasteiger partial charge on any atom is -0.484 e. The smallest absolute Gasteiger partial charge is 0.484 e. The van der Waals surface area contributed by atoms with Gasteiger partial charge in [0, 0.05) is 23.8 Å². The number of anilines is 2. The number of nitrogens with zero attached hydrogens (tertiary/aromatic N) is 6. The number of halogens is 9. The highest BCUT2D eigenvalue weighted by Crippen LogP contribution is 2.45. The van der Waals surface area contributed by atoms with Gasteiger partial charge in [-0.1, -0.05) is 30.2 Å². The molecule has 5 rings (SSSR count). The van der Waals surface area contributed by atoms with Crippen molar-refractivity contribution in [2.75, 3.05) is 16.4 Å². The van der Waals surface area contributed by atoms with E-state index in [2.05, 4.69) is 20.1 Å². The van der Waals surface area contributed by atoms with E-state index in [-0.39, 0.29) is 36.1 Å². The van der Waals surface area contributed by atoms with Gasteiger partial charge in [-0.2, -0.15) is 31.1 Å². The van der Waals surface area contributed by atoms with Crippen LogP contribution in [0.4, 0.5) is 51.1 Å². The molecule has 1 amide bonds. The third-order valence-corrected chi connectivity index (χ3v) is 7.69. The first-order chi connectivity index (χ1) is 22.9. The zero-order valence-corrected chi connectivity index (χ0v) is 25.6. The molecule has 3 aromatic carbocycles. The van der Waals surface area contributed by atoms with Gasteiger partial charge in [0.2, 0.25) is 0 Å². The minimum absolute atomic E-state index is 0.0147. The van der Waals surface area contributed by atoms with Crippen LogP contribution in [0.3, 0.4) is 0 Å². The summed E-state index contributed by atoms with van der Waals surface area (Å²) in [6, 6.07) is 10.9. The van der Waals surface area contributed by atoms with Crippen LogP contribution in [0.1, 0.15) is 48.1 Å². The average Bonchev–Trinajstić information content (AvgIpc) is 3.46. The first-order valence-electron chi connectivity index (χ1n) is 14.6. The Hall–Kier alpha value is -5.03. The highest BCUT2D eigenvalue weighted by Gasteiger charge is 2.42. The Kier molecular flexibility index (Phi) is 9.70. The maximum Gasteiger partial charge on any atom is 0.573 e. The summed E-state index contributed by atoms with van der Waals surface area (Å²) >= 11 is 0. The molecule has 49 heavy (non-hydrogen) atoms. The second kappa shape index (κ2) is 13.5. The van der Waals surface area contributed by atoms with Crippen molar-refractivity contribution in [1.82, 2.24) is 20.2 Å². The van der Waals surface area contributed by atoms with Gasteiger partial charge in [-0.3, -0.25) is 4.79 Å². The number of benzene rings is 3. The molecule has 1 aromatic heterocycles. The van der Waals surface area contributed by atoms with Gasteiger partial charge in [0.1, 0.15) is 11.5 Å². The molecule has 2 unspecified atom stereocenters. The fourth-order valence-corrected chi connectivity index (χ4v) is 5.63. The predicted octanol–water partition coefficient (Wildman–Crippen LogP) is 7.49. The van der Waals surface area contributed by atoms with Crippen molar-refractivity contribution in [3.05, 3.63) is 89.0 Å². The molecule has 1 aliphatic heterocycles. The van der Waals surface area contributed by atoms with Crippen LogP contribution in [0.15, 0.2) is 66.7 Å². The number of rotatable bonds is 9. The van der Waals surface area contributed by atoms with Crippen LogP contribution in [0.25, 0.3) is 0 Å². The number of hydrogen-bond donors (Lipinski definition) is 0. The van der Waals surface area contributed by atoms with Gasteiger partial charge in [-0.25, -0.2) is 0 Å². The van der Waals surface area contributed by atoms with Crippen LogP contribution < -0.4 is 19.3 Å². The van der Waals surface area contributed by atoms with Crippen molar-refractivity contribution in [1.29, 1.82) is 0 Å². The number of amides is 1. The van der Waals surface area contributed by atoms with E-state index in [9.17, 15) is 44.3 Å². The lowest BCUT2D eigenvalue weighted by atomic mass is 9.88. The summed E-state index contributed by atoms with van der Waals surface area (Å²) in [5.41, 5.74) is -3.41. The van der Waals surface area contributed by atoms with Gasteiger partial charge < -0.3 is 19.3 Å². The topological polar surface area (TPSA) is 85.6 Å². The zero-order valence-electron chi connectivity index (χ0n) is 25.6. The summed E-state index contributed by atoms with van der Waals surface area (Å²) in [5.74, 6) is -1.10. The molecule has 0 aliphatic carbocycles. The summed E-state index contributed by atoms with van der Waals surface area (Å²) in [6.45, 7) is 0.624. The normalized spacial score (nSPS) is 16.7. The monoisotopic (exact) mass is 702 g/mol. The molecule has 0 saturated heterocycles. The van der Waals surface area contributed by atoms with Crippen LogP contribution in [0, 0.1) is 0 Å². The van der Waals surface area contributed by atoms with Crippen LogP contribution in [-0.4, -0.2) is 45.1 Å². The largest absolute Gasteiger partial charge is 0.573 e. The molecular weight excluding hydrogens is 675 g/mol. The number of aromatic nitrogens is 4. The van der Waals surface area contributed by atoms with Crippen molar-refractivity contribution >= 4 is 17.5 Å². The Morgan fingerprint density at radius 2 is 1.55 bits per heavy atom. The summed E-state index contributed by atoms with van der Waals surface area (Å²) < 4.78 is 132. The average molecular weight is 703 g/mol. The third kappa shape index (κ3) is 8.34. The zero-order chi connectivity index (χ0) is 35.7. The van der Waals surface area contributed by atoms with E-state index < -0.39 is 72.3 Å². The van der Waals surface area contributed by atoms with Crippen molar-refractivity contribution in [2.24, 2.45) is 7.05 Å². The molecule has 0 radical (unpaired) electrons. The van der Waals surface area contributed by atoms with Crippen LogP contribution in [0.5, 0.6) is 11.5 Å². The maximum atomic E-state index is 13.7. The van der Waals surface area contributed by atoms with Crippen molar-refractivity contribution in [3.8, 4) is 11.5 Å². The summed E-state index contributed by atoms with van der Waals surface area (Å²) in [5, 5.41) is 11.8. The SMILES string of the molecule is CCC1CC(N(Cc2cc(C(F)(F)F)cc(C(F)(F)F)c2)c2nnn(C)n2)c2cc(OC(F)(F)F)ccc2N1C(=O)COc1ccccc1. The lowest BCUT2D eigenvalue weighted by molar-refractivity contribution is -0.274. The molecule has 1 aliphatic rings. The van der Waals surface area contributed by atoms with Gasteiger partial charge in [-0.15, -0.1) is 18.3 Å². The highest BCUT2D eigenvalue weighted by atomic mass is 19.4. The molecule has 4 aromatic rings. The van der Waals surface area contributed by atoms with Gasteiger partial charge in [0.15, 0.2) is 6.61 Å². The fraction of sp³-hybridized carbons (Fsp3) is 0.355. The Bertz CT molecular complexity index is 1740. The van der Waals surface area contributed by atoms with Crippen LogP contribution in [0.2, 0.25) is 0 Å². The van der Waals surface area contributed by atoms with Gasteiger partial charge >= 0.3 is 18.7 Å². The first kappa shape index (κ1) is 35.3. The maximum absolute atomic E-state index is 13.7. The number of carbonyl (C=O) groups is 1. The van der Waals surface area contributed by atoms with Gasteiger partial charge in [-0.05, 0) is 72.1 Å². The third-order valence-electron chi connectivity index (χ3n) is 7.69. The van der Waals surface area contributed by atoms with E-state index in [1.54, 1.807) is 37.3 Å². The molecule has 262 valence electrons. The summed E-state index contributed by atoms with van der Waals surface area (Å²) in [7, 11) is 1.37. The molecule has 9 nitrogen and oxygen atoms in total. The Labute approximate surface area is 272 Å². The number of ether oxygens (including phenoxy) is 2. The second-order valence-corrected chi connectivity index (χ2v) is 11.1. The second-order valence-electron chi connectivity index (χ2n) is 11.1. The molecule has 2 heterocycles. The molecule has 2 atom stereocenters. The van der Waals surface area contributed by atoms with E-state index >= 15 is 0 Å². The van der Waals surface area contributed by atoms with E-state index in [0.717, 1.165) is 16.9 Å².